The highest BCUT2D eigenvalue weighted by Gasteiger charge is 2.30. The number of aryl methyl sites for hydroxylation is 1. The second kappa shape index (κ2) is 5.99. The molecule has 2 aromatic heterocycles. The first-order chi connectivity index (χ1) is 10.6. The largest absolute Gasteiger partial charge is 0.467 e. The Morgan fingerprint density at radius 1 is 1.41 bits per heavy atom. The SMILES string of the molecule is CC(C)[C@H](C)N(Cc1ccco1)C(=O)c1n[nH]c2c1CCC2. The van der Waals surface area contributed by atoms with E-state index in [1.807, 2.05) is 17.0 Å². The summed E-state index contributed by atoms with van der Waals surface area (Å²) in [6.45, 7) is 6.81. The van der Waals surface area contributed by atoms with E-state index in [4.69, 9.17) is 4.42 Å². The molecular weight excluding hydrogens is 278 g/mol. The summed E-state index contributed by atoms with van der Waals surface area (Å²) in [5, 5.41) is 7.31. The molecule has 0 spiro atoms. The van der Waals surface area contributed by atoms with Gasteiger partial charge in [-0.1, -0.05) is 13.8 Å². The lowest BCUT2D eigenvalue weighted by molar-refractivity contribution is 0.0603. The minimum absolute atomic E-state index is 0.00278. The molecule has 0 aromatic carbocycles. The summed E-state index contributed by atoms with van der Waals surface area (Å²) < 4.78 is 5.43. The van der Waals surface area contributed by atoms with Gasteiger partial charge in [0.25, 0.3) is 5.91 Å². The summed E-state index contributed by atoms with van der Waals surface area (Å²) in [5.74, 6) is 1.16. The lowest BCUT2D eigenvalue weighted by atomic mass is 10.0. The maximum absolute atomic E-state index is 13.0. The maximum Gasteiger partial charge on any atom is 0.275 e. The fourth-order valence-corrected chi connectivity index (χ4v) is 2.96. The monoisotopic (exact) mass is 301 g/mol. The molecule has 1 amide bonds. The summed E-state index contributed by atoms with van der Waals surface area (Å²) in [6.07, 6.45) is 4.68. The Bertz CT molecular complexity index is 643. The molecule has 1 N–H and O–H groups in total. The van der Waals surface area contributed by atoms with Gasteiger partial charge in [-0.05, 0) is 44.2 Å². The summed E-state index contributed by atoms with van der Waals surface area (Å²) in [7, 11) is 0. The number of aromatic amines is 1. The molecule has 2 aromatic rings. The number of H-pyrrole nitrogens is 1. The maximum atomic E-state index is 13.0. The van der Waals surface area contributed by atoms with Crippen LogP contribution in [0.4, 0.5) is 0 Å². The van der Waals surface area contributed by atoms with E-state index < -0.39 is 0 Å². The van der Waals surface area contributed by atoms with E-state index in [0.717, 1.165) is 36.3 Å². The molecule has 0 aliphatic heterocycles. The van der Waals surface area contributed by atoms with Crippen molar-refractivity contribution in [2.24, 2.45) is 5.92 Å². The molecule has 0 radical (unpaired) electrons. The molecule has 3 rings (SSSR count). The molecule has 0 unspecified atom stereocenters. The Morgan fingerprint density at radius 3 is 2.91 bits per heavy atom. The van der Waals surface area contributed by atoms with Crippen LogP contribution in [0.15, 0.2) is 22.8 Å². The average Bonchev–Trinajstić information content (AvgIpc) is 3.20. The molecule has 5 nitrogen and oxygen atoms in total. The number of aromatic nitrogens is 2. The van der Waals surface area contributed by atoms with Crippen LogP contribution in [0.1, 0.15) is 54.7 Å². The first kappa shape index (κ1) is 14.9. The molecule has 0 saturated carbocycles. The van der Waals surface area contributed by atoms with E-state index in [1.165, 1.54) is 0 Å². The molecular formula is C17H23N3O2. The molecule has 0 saturated heterocycles. The fourth-order valence-electron chi connectivity index (χ4n) is 2.96. The zero-order valence-corrected chi connectivity index (χ0v) is 13.4. The third-order valence-electron chi connectivity index (χ3n) is 4.63. The topological polar surface area (TPSA) is 62.1 Å². The van der Waals surface area contributed by atoms with Crippen molar-refractivity contribution in [3.05, 3.63) is 41.1 Å². The number of hydrogen-bond donors (Lipinski definition) is 1. The molecule has 2 heterocycles. The molecule has 1 atom stereocenters. The van der Waals surface area contributed by atoms with Gasteiger partial charge in [-0.3, -0.25) is 9.89 Å². The van der Waals surface area contributed by atoms with Crippen molar-refractivity contribution in [3.8, 4) is 0 Å². The van der Waals surface area contributed by atoms with E-state index >= 15 is 0 Å². The van der Waals surface area contributed by atoms with E-state index in [9.17, 15) is 4.79 Å². The molecule has 0 bridgehead atoms. The van der Waals surface area contributed by atoms with Crippen LogP contribution in [0.2, 0.25) is 0 Å². The van der Waals surface area contributed by atoms with Crippen molar-refractivity contribution in [2.75, 3.05) is 0 Å². The second-order valence-corrected chi connectivity index (χ2v) is 6.38. The van der Waals surface area contributed by atoms with Gasteiger partial charge in [-0.15, -0.1) is 0 Å². The number of carbonyl (C=O) groups excluding carboxylic acids is 1. The molecule has 1 aliphatic rings. The van der Waals surface area contributed by atoms with Crippen molar-refractivity contribution >= 4 is 5.91 Å². The Labute approximate surface area is 130 Å². The van der Waals surface area contributed by atoms with Gasteiger partial charge in [0.2, 0.25) is 0 Å². The van der Waals surface area contributed by atoms with Crippen LogP contribution in [0.3, 0.4) is 0 Å². The second-order valence-electron chi connectivity index (χ2n) is 6.38. The summed E-state index contributed by atoms with van der Waals surface area (Å²) in [5.41, 5.74) is 2.82. The number of nitrogens with one attached hydrogen (secondary N) is 1. The zero-order chi connectivity index (χ0) is 15.7. The summed E-state index contributed by atoms with van der Waals surface area (Å²) >= 11 is 0. The highest BCUT2D eigenvalue weighted by atomic mass is 16.3. The first-order valence-electron chi connectivity index (χ1n) is 7.97. The first-order valence-corrected chi connectivity index (χ1v) is 7.97. The van der Waals surface area contributed by atoms with Crippen molar-refractivity contribution in [2.45, 2.75) is 52.6 Å². The van der Waals surface area contributed by atoms with E-state index in [2.05, 4.69) is 31.0 Å². The van der Waals surface area contributed by atoms with Gasteiger partial charge in [-0.25, -0.2) is 0 Å². The van der Waals surface area contributed by atoms with Crippen molar-refractivity contribution in [1.82, 2.24) is 15.1 Å². The van der Waals surface area contributed by atoms with Gasteiger partial charge >= 0.3 is 0 Å². The molecule has 22 heavy (non-hydrogen) atoms. The number of carbonyl (C=O) groups is 1. The van der Waals surface area contributed by atoms with E-state index in [0.29, 0.717) is 18.2 Å². The number of furan rings is 1. The molecule has 0 fully saturated rings. The molecule has 1 aliphatic carbocycles. The van der Waals surface area contributed by atoms with Crippen LogP contribution in [0.25, 0.3) is 0 Å². The van der Waals surface area contributed by atoms with Crippen molar-refractivity contribution in [3.63, 3.8) is 0 Å². The average molecular weight is 301 g/mol. The zero-order valence-electron chi connectivity index (χ0n) is 13.4. The van der Waals surface area contributed by atoms with Crippen LogP contribution in [-0.2, 0) is 19.4 Å². The number of rotatable bonds is 5. The number of fused-ring (bicyclic) bond motifs is 1. The van der Waals surface area contributed by atoms with Gasteiger partial charge in [0.15, 0.2) is 5.69 Å². The summed E-state index contributed by atoms with van der Waals surface area (Å²) in [6, 6.07) is 3.87. The number of hydrogen-bond acceptors (Lipinski definition) is 3. The minimum atomic E-state index is -0.00278. The quantitative estimate of drug-likeness (QED) is 0.922. The number of nitrogens with zero attached hydrogens (tertiary/aromatic N) is 2. The van der Waals surface area contributed by atoms with Crippen LogP contribution in [0, 0.1) is 5.92 Å². The number of amides is 1. The summed E-state index contributed by atoms with van der Waals surface area (Å²) in [4.78, 5) is 14.9. The Balaban J connectivity index is 1.88. The van der Waals surface area contributed by atoms with Gasteiger partial charge < -0.3 is 9.32 Å². The van der Waals surface area contributed by atoms with Gasteiger partial charge in [0, 0.05) is 17.3 Å². The smallest absolute Gasteiger partial charge is 0.275 e. The van der Waals surface area contributed by atoms with Gasteiger partial charge in [-0.2, -0.15) is 5.10 Å². The lowest BCUT2D eigenvalue weighted by Crippen LogP contribution is -2.41. The molecule has 118 valence electrons. The minimum Gasteiger partial charge on any atom is -0.467 e. The van der Waals surface area contributed by atoms with Crippen LogP contribution < -0.4 is 0 Å². The Kier molecular flexibility index (Phi) is 4.05. The van der Waals surface area contributed by atoms with Gasteiger partial charge in [0.1, 0.15) is 5.76 Å². The van der Waals surface area contributed by atoms with Crippen LogP contribution >= 0.6 is 0 Å². The van der Waals surface area contributed by atoms with E-state index in [-0.39, 0.29) is 11.9 Å². The van der Waals surface area contributed by atoms with E-state index in [1.54, 1.807) is 6.26 Å². The van der Waals surface area contributed by atoms with Crippen molar-refractivity contribution in [1.29, 1.82) is 0 Å². The third kappa shape index (κ3) is 2.67. The molecule has 5 heteroatoms. The predicted octanol–water partition coefficient (Wildman–Crippen LogP) is 3.18. The highest BCUT2D eigenvalue weighted by Crippen LogP contribution is 2.26. The standard InChI is InChI=1S/C17H23N3O2/c1-11(2)12(3)20(10-13-6-5-9-22-13)17(21)16-14-7-4-8-15(14)18-19-16/h5-6,9,11-12H,4,7-8,10H2,1-3H3,(H,18,19)/t12-/m0/s1. The third-order valence-corrected chi connectivity index (χ3v) is 4.63. The lowest BCUT2D eigenvalue weighted by Gasteiger charge is -2.31. The van der Waals surface area contributed by atoms with Crippen LogP contribution in [-0.4, -0.2) is 27.0 Å². The predicted molar refractivity (Wildman–Crippen MR) is 83.5 cm³/mol. The Hall–Kier alpha value is -2.04. The van der Waals surface area contributed by atoms with Crippen LogP contribution in [0.5, 0.6) is 0 Å². The normalized spacial score (nSPS) is 15.1. The van der Waals surface area contributed by atoms with Gasteiger partial charge in [0.05, 0.1) is 12.8 Å². The fraction of sp³-hybridized carbons (Fsp3) is 0.529. The Morgan fingerprint density at radius 2 is 2.23 bits per heavy atom. The highest BCUT2D eigenvalue weighted by molar-refractivity contribution is 5.94. The van der Waals surface area contributed by atoms with Crippen molar-refractivity contribution < 1.29 is 9.21 Å².